The number of hydrogen-bond donors (Lipinski definition) is 0. The van der Waals surface area contributed by atoms with Gasteiger partial charge in [-0.3, -0.25) is 4.79 Å². The van der Waals surface area contributed by atoms with Gasteiger partial charge in [0.1, 0.15) is 0 Å². The molecule has 2 aromatic carbocycles. The monoisotopic (exact) mass is 323 g/mol. The molecule has 1 fully saturated rings. The molecule has 0 unspecified atom stereocenters. The highest BCUT2D eigenvalue weighted by atomic mass is 16.5. The molecule has 24 heavy (non-hydrogen) atoms. The zero-order valence-corrected chi connectivity index (χ0v) is 14.3. The van der Waals surface area contributed by atoms with Gasteiger partial charge >= 0.3 is 0 Å². The number of rotatable bonds is 6. The van der Waals surface area contributed by atoms with Crippen LogP contribution in [0.15, 0.2) is 48.5 Å². The topological polar surface area (TPSA) is 29.5 Å². The minimum atomic E-state index is 0.0897. The molecule has 126 valence electrons. The second-order valence-electron chi connectivity index (χ2n) is 6.36. The van der Waals surface area contributed by atoms with E-state index >= 15 is 0 Å². The number of methoxy groups -OCH3 is 1. The number of fused-ring (bicyclic) bond motifs is 1. The van der Waals surface area contributed by atoms with Crippen molar-refractivity contribution in [3.05, 3.63) is 54.1 Å². The van der Waals surface area contributed by atoms with Crippen molar-refractivity contribution in [1.29, 1.82) is 0 Å². The van der Waals surface area contributed by atoms with Crippen molar-refractivity contribution < 1.29 is 9.53 Å². The predicted molar refractivity (Wildman–Crippen MR) is 98.8 cm³/mol. The van der Waals surface area contributed by atoms with Crippen LogP contribution in [0.25, 0.3) is 16.8 Å². The van der Waals surface area contributed by atoms with Crippen LogP contribution in [-0.4, -0.2) is 37.1 Å². The first-order chi connectivity index (χ1) is 11.8. The van der Waals surface area contributed by atoms with E-state index in [9.17, 15) is 4.79 Å². The number of carbonyl (C=O) groups is 1. The lowest BCUT2D eigenvalue weighted by Crippen LogP contribution is -2.40. The second-order valence-corrected chi connectivity index (χ2v) is 6.36. The third kappa shape index (κ3) is 3.85. The van der Waals surface area contributed by atoms with Gasteiger partial charge in [0.25, 0.3) is 0 Å². The van der Waals surface area contributed by atoms with Gasteiger partial charge in [-0.1, -0.05) is 55.3 Å². The molecule has 1 aliphatic carbocycles. The van der Waals surface area contributed by atoms with Crippen LogP contribution >= 0.6 is 0 Å². The largest absolute Gasteiger partial charge is 0.383 e. The van der Waals surface area contributed by atoms with Crippen LogP contribution in [0.3, 0.4) is 0 Å². The second kappa shape index (κ2) is 8.11. The summed E-state index contributed by atoms with van der Waals surface area (Å²) in [5.41, 5.74) is 1.08. The van der Waals surface area contributed by atoms with Gasteiger partial charge in [-0.05, 0) is 35.3 Å². The molecule has 0 N–H and O–H groups in total. The molecular weight excluding hydrogens is 298 g/mol. The van der Waals surface area contributed by atoms with Gasteiger partial charge in [0.2, 0.25) is 5.91 Å². The van der Waals surface area contributed by atoms with E-state index in [2.05, 4.69) is 24.3 Å². The van der Waals surface area contributed by atoms with E-state index in [4.69, 9.17) is 4.74 Å². The molecule has 1 aliphatic rings. The molecule has 3 rings (SSSR count). The minimum absolute atomic E-state index is 0.0897. The molecule has 3 heteroatoms. The van der Waals surface area contributed by atoms with Gasteiger partial charge in [-0.25, -0.2) is 0 Å². The molecule has 0 atom stereocenters. The molecule has 3 nitrogen and oxygen atoms in total. The van der Waals surface area contributed by atoms with Crippen molar-refractivity contribution in [2.45, 2.75) is 31.7 Å². The molecule has 0 aromatic heterocycles. The van der Waals surface area contributed by atoms with Gasteiger partial charge in [-0.15, -0.1) is 0 Å². The zero-order valence-electron chi connectivity index (χ0n) is 14.3. The Morgan fingerprint density at radius 1 is 1.17 bits per heavy atom. The number of ether oxygens (including phenoxy) is 1. The smallest absolute Gasteiger partial charge is 0.246 e. The first kappa shape index (κ1) is 16.7. The fourth-order valence-electron chi connectivity index (χ4n) is 3.53. The first-order valence-corrected chi connectivity index (χ1v) is 8.75. The summed E-state index contributed by atoms with van der Waals surface area (Å²) in [7, 11) is 1.68. The Kier molecular flexibility index (Phi) is 5.65. The molecule has 1 saturated carbocycles. The maximum atomic E-state index is 12.7. The Morgan fingerprint density at radius 2 is 1.92 bits per heavy atom. The molecular formula is C21H25NO2. The van der Waals surface area contributed by atoms with E-state index in [1.165, 1.54) is 23.6 Å². The van der Waals surface area contributed by atoms with Crippen molar-refractivity contribution in [2.24, 2.45) is 0 Å². The molecule has 0 radical (unpaired) electrons. The van der Waals surface area contributed by atoms with Crippen molar-refractivity contribution in [3.8, 4) is 0 Å². The third-order valence-corrected chi connectivity index (χ3v) is 4.81. The Labute approximate surface area is 143 Å². The fourth-order valence-corrected chi connectivity index (χ4v) is 3.53. The minimum Gasteiger partial charge on any atom is -0.383 e. The highest BCUT2D eigenvalue weighted by molar-refractivity contribution is 5.96. The Hall–Kier alpha value is -2.13. The molecule has 0 saturated heterocycles. The van der Waals surface area contributed by atoms with E-state index in [1.54, 1.807) is 13.2 Å². The van der Waals surface area contributed by atoms with Crippen LogP contribution in [0.2, 0.25) is 0 Å². The summed E-state index contributed by atoms with van der Waals surface area (Å²) >= 11 is 0. The Bertz CT molecular complexity index is 711. The van der Waals surface area contributed by atoms with Crippen molar-refractivity contribution in [1.82, 2.24) is 4.90 Å². The average molecular weight is 323 g/mol. The van der Waals surface area contributed by atoms with Crippen LogP contribution in [0, 0.1) is 0 Å². The third-order valence-electron chi connectivity index (χ3n) is 4.81. The normalized spacial score (nSPS) is 15.4. The van der Waals surface area contributed by atoms with E-state index in [0.29, 0.717) is 19.2 Å². The van der Waals surface area contributed by atoms with Crippen LogP contribution in [0.1, 0.15) is 31.2 Å². The molecule has 0 bridgehead atoms. The number of benzene rings is 2. The van der Waals surface area contributed by atoms with Gasteiger partial charge in [0, 0.05) is 25.8 Å². The van der Waals surface area contributed by atoms with Crippen molar-refractivity contribution >= 4 is 22.8 Å². The van der Waals surface area contributed by atoms with Crippen molar-refractivity contribution in [2.75, 3.05) is 20.3 Å². The van der Waals surface area contributed by atoms with E-state index in [1.807, 2.05) is 29.2 Å². The summed E-state index contributed by atoms with van der Waals surface area (Å²) < 4.78 is 5.18. The SMILES string of the molecule is COCCN(C(=O)C=Cc1cccc2ccccc12)C1CCCC1. The predicted octanol–water partition coefficient (Wildman–Crippen LogP) is 4.27. The standard InChI is InChI=1S/C21H25NO2/c1-24-16-15-22(19-10-3-4-11-19)21(23)14-13-18-9-6-8-17-7-2-5-12-20(17)18/h2,5-9,12-14,19H,3-4,10-11,15-16H2,1H3. The number of hydrogen-bond acceptors (Lipinski definition) is 2. The zero-order chi connectivity index (χ0) is 16.8. The summed E-state index contributed by atoms with van der Waals surface area (Å²) in [6.45, 7) is 1.25. The van der Waals surface area contributed by atoms with Crippen LogP contribution in [0.5, 0.6) is 0 Å². The lowest BCUT2D eigenvalue weighted by molar-refractivity contribution is -0.128. The fraction of sp³-hybridized carbons (Fsp3) is 0.381. The molecule has 0 heterocycles. The summed E-state index contributed by atoms with van der Waals surface area (Å²) in [5, 5.41) is 2.37. The number of carbonyl (C=O) groups excluding carboxylic acids is 1. The maximum Gasteiger partial charge on any atom is 0.246 e. The van der Waals surface area contributed by atoms with Gasteiger partial charge in [-0.2, -0.15) is 0 Å². The van der Waals surface area contributed by atoms with Gasteiger partial charge in [0.05, 0.1) is 6.61 Å². The van der Waals surface area contributed by atoms with Crippen LogP contribution in [-0.2, 0) is 9.53 Å². The maximum absolute atomic E-state index is 12.7. The summed E-state index contributed by atoms with van der Waals surface area (Å²) in [4.78, 5) is 14.7. The quantitative estimate of drug-likeness (QED) is 0.743. The lowest BCUT2D eigenvalue weighted by Gasteiger charge is -2.27. The summed E-state index contributed by atoms with van der Waals surface area (Å²) in [6, 6.07) is 14.8. The Balaban J connectivity index is 1.78. The first-order valence-electron chi connectivity index (χ1n) is 8.75. The molecule has 0 aliphatic heterocycles. The van der Waals surface area contributed by atoms with E-state index in [-0.39, 0.29) is 5.91 Å². The van der Waals surface area contributed by atoms with Gasteiger partial charge in [0.15, 0.2) is 0 Å². The van der Waals surface area contributed by atoms with Crippen LogP contribution in [0.4, 0.5) is 0 Å². The molecule has 2 aromatic rings. The highest BCUT2D eigenvalue weighted by Gasteiger charge is 2.24. The molecule has 0 spiro atoms. The van der Waals surface area contributed by atoms with E-state index < -0.39 is 0 Å². The lowest BCUT2D eigenvalue weighted by atomic mass is 10.0. The Morgan fingerprint density at radius 3 is 2.71 bits per heavy atom. The molecule has 1 amide bonds. The average Bonchev–Trinajstić information content (AvgIpc) is 3.14. The number of nitrogens with zero attached hydrogens (tertiary/aromatic N) is 1. The number of amides is 1. The summed E-state index contributed by atoms with van der Waals surface area (Å²) in [5.74, 6) is 0.0897. The van der Waals surface area contributed by atoms with Gasteiger partial charge < -0.3 is 9.64 Å². The summed E-state index contributed by atoms with van der Waals surface area (Å²) in [6.07, 6.45) is 8.31. The highest BCUT2D eigenvalue weighted by Crippen LogP contribution is 2.24. The van der Waals surface area contributed by atoms with Crippen molar-refractivity contribution in [3.63, 3.8) is 0 Å². The van der Waals surface area contributed by atoms with Crippen LogP contribution < -0.4 is 0 Å². The van der Waals surface area contributed by atoms with E-state index in [0.717, 1.165) is 18.4 Å².